The summed E-state index contributed by atoms with van der Waals surface area (Å²) >= 11 is 0. The zero-order valence-electron chi connectivity index (χ0n) is 6.55. The molecule has 0 radical (unpaired) electrons. The van der Waals surface area contributed by atoms with Crippen molar-refractivity contribution in [3.63, 3.8) is 0 Å². The van der Waals surface area contributed by atoms with Gasteiger partial charge in [0, 0.05) is 19.6 Å². The molecule has 1 fully saturated rings. The number of aliphatic hydroxyl groups is 1. The third-order valence-electron chi connectivity index (χ3n) is 1.83. The molecular formula is C7H14N2O2. The minimum absolute atomic E-state index is 0.159. The second-order valence-corrected chi connectivity index (χ2v) is 2.64. The highest BCUT2D eigenvalue weighted by molar-refractivity contribution is 5.77. The van der Waals surface area contributed by atoms with E-state index < -0.39 is 0 Å². The Morgan fingerprint density at radius 2 is 2.27 bits per heavy atom. The standard InChI is InChI=1S/C7H14N2O2/c10-6-7(11)9-4-1-2-8-3-5-9/h8,10H,1-6H2. The van der Waals surface area contributed by atoms with Crippen molar-refractivity contribution >= 4 is 5.91 Å². The van der Waals surface area contributed by atoms with Crippen LogP contribution in [-0.2, 0) is 4.79 Å². The lowest BCUT2D eigenvalue weighted by Crippen LogP contribution is -2.35. The van der Waals surface area contributed by atoms with E-state index in [1.54, 1.807) is 4.90 Å². The van der Waals surface area contributed by atoms with Gasteiger partial charge in [0.05, 0.1) is 0 Å². The molecule has 2 N–H and O–H groups in total. The fourth-order valence-corrected chi connectivity index (χ4v) is 1.20. The summed E-state index contributed by atoms with van der Waals surface area (Å²) in [5.41, 5.74) is 0. The van der Waals surface area contributed by atoms with Crippen LogP contribution in [0.4, 0.5) is 0 Å². The molecule has 0 aliphatic carbocycles. The van der Waals surface area contributed by atoms with Crippen LogP contribution in [0.25, 0.3) is 0 Å². The monoisotopic (exact) mass is 158 g/mol. The van der Waals surface area contributed by atoms with Crippen molar-refractivity contribution in [3.8, 4) is 0 Å². The lowest BCUT2D eigenvalue weighted by Gasteiger charge is -2.17. The van der Waals surface area contributed by atoms with Crippen molar-refractivity contribution in [3.05, 3.63) is 0 Å². The van der Waals surface area contributed by atoms with Crippen molar-refractivity contribution in [2.75, 3.05) is 32.8 Å². The van der Waals surface area contributed by atoms with Crippen LogP contribution in [0, 0.1) is 0 Å². The first-order valence-electron chi connectivity index (χ1n) is 3.94. The summed E-state index contributed by atoms with van der Waals surface area (Å²) in [7, 11) is 0. The molecule has 0 spiro atoms. The summed E-state index contributed by atoms with van der Waals surface area (Å²) < 4.78 is 0. The Hall–Kier alpha value is -0.610. The van der Waals surface area contributed by atoms with Gasteiger partial charge >= 0.3 is 0 Å². The van der Waals surface area contributed by atoms with Gasteiger partial charge in [-0.2, -0.15) is 0 Å². The van der Waals surface area contributed by atoms with E-state index in [4.69, 9.17) is 5.11 Å². The molecule has 0 aromatic carbocycles. The number of aliphatic hydroxyl groups excluding tert-OH is 1. The average molecular weight is 158 g/mol. The second kappa shape index (κ2) is 4.31. The summed E-state index contributed by atoms with van der Waals surface area (Å²) in [5, 5.41) is 11.7. The molecule has 4 heteroatoms. The number of hydrogen-bond acceptors (Lipinski definition) is 3. The highest BCUT2D eigenvalue weighted by atomic mass is 16.3. The topological polar surface area (TPSA) is 52.6 Å². The molecule has 4 nitrogen and oxygen atoms in total. The highest BCUT2D eigenvalue weighted by Crippen LogP contribution is 1.94. The molecule has 1 aliphatic rings. The molecule has 0 saturated carbocycles. The Bertz CT molecular complexity index is 130. The van der Waals surface area contributed by atoms with Crippen LogP contribution in [0.2, 0.25) is 0 Å². The number of carbonyl (C=O) groups is 1. The average Bonchev–Trinajstić information content (AvgIpc) is 2.30. The van der Waals surface area contributed by atoms with Crippen molar-refractivity contribution in [2.45, 2.75) is 6.42 Å². The third-order valence-corrected chi connectivity index (χ3v) is 1.83. The Balaban J connectivity index is 2.36. The largest absolute Gasteiger partial charge is 0.387 e. The van der Waals surface area contributed by atoms with E-state index in [0.29, 0.717) is 0 Å². The highest BCUT2D eigenvalue weighted by Gasteiger charge is 2.12. The lowest BCUT2D eigenvalue weighted by molar-refractivity contribution is -0.133. The van der Waals surface area contributed by atoms with E-state index in [1.807, 2.05) is 0 Å². The molecule has 0 aromatic rings. The maximum Gasteiger partial charge on any atom is 0.248 e. The molecule has 1 rings (SSSR count). The Kier molecular flexibility index (Phi) is 3.32. The fraction of sp³-hybridized carbons (Fsp3) is 0.857. The van der Waals surface area contributed by atoms with E-state index in [0.717, 1.165) is 32.6 Å². The number of nitrogens with one attached hydrogen (secondary N) is 1. The van der Waals surface area contributed by atoms with Gasteiger partial charge in [-0.25, -0.2) is 0 Å². The first kappa shape index (κ1) is 8.49. The van der Waals surface area contributed by atoms with Crippen LogP contribution < -0.4 is 5.32 Å². The first-order chi connectivity index (χ1) is 5.34. The van der Waals surface area contributed by atoms with E-state index in [1.165, 1.54) is 0 Å². The molecule has 0 unspecified atom stereocenters. The summed E-state index contributed by atoms with van der Waals surface area (Å²) in [4.78, 5) is 12.7. The molecule has 0 atom stereocenters. The van der Waals surface area contributed by atoms with Gasteiger partial charge in [-0.1, -0.05) is 0 Å². The summed E-state index contributed by atoms with van der Waals surface area (Å²) in [6.45, 7) is 2.94. The number of hydrogen-bond donors (Lipinski definition) is 2. The van der Waals surface area contributed by atoms with Gasteiger partial charge in [-0.05, 0) is 13.0 Å². The van der Waals surface area contributed by atoms with Crippen molar-refractivity contribution < 1.29 is 9.90 Å². The molecule has 1 saturated heterocycles. The fourth-order valence-electron chi connectivity index (χ4n) is 1.20. The predicted molar refractivity (Wildman–Crippen MR) is 41.2 cm³/mol. The SMILES string of the molecule is O=C(CO)N1CCCNCC1. The van der Waals surface area contributed by atoms with Crippen LogP contribution >= 0.6 is 0 Å². The van der Waals surface area contributed by atoms with Crippen molar-refractivity contribution in [1.29, 1.82) is 0 Å². The second-order valence-electron chi connectivity index (χ2n) is 2.64. The maximum absolute atomic E-state index is 11.0. The third kappa shape index (κ3) is 2.48. The Morgan fingerprint density at radius 1 is 1.45 bits per heavy atom. The van der Waals surface area contributed by atoms with E-state index >= 15 is 0 Å². The Morgan fingerprint density at radius 3 is 3.00 bits per heavy atom. The van der Waals surface area contributed by atoms with Gasteiger partial charge in [0.15, 0.2) is 0 Å². The summed E-state index contributed by atoms with van der Waals surface area (Å²) in [5.74, 6) is -0.159. The van der Waals surface area contributed by atoms with E-state index in [-0.39, 0.29) is 12.5 Å². The minimum Gasteiger partial charge on any atom is -0.387 e. The quantitative estimate of drug-likeness (QED) is 0.504. The molecule has 1 heterocycles. The smallest absolute Gasteiger partial charge is 0.248 e. The summed E-state index contributed by atoms with van der Waals surface area (Å²) in [6.07, 6.45) is 0.978. The molecule has 1 aliphatic heterocycles. The van der Waals surface area contributed by atoms with Gasteiger partial charge in [0.25, 0.3) is 0 Å². The zero-order valence-corrected chi connectivity index (χ0v) is 6.55. The molecule has 0 aromatic heterocycles. The van der Waals surface area contributed by atoms with Crippen molar-refractivity contribution in [2.24, 2.45) is 0 Å². The molecular weight excluding hydrogens is 144 g/mol. The van der Waals surface area contributed by atoms with Gasteiger partial charge < -0.3 is 15.3 Å². The van der Waals surface area contributed by atoms with Crippen molar-refractivity contribution in [1.82, 2.24) is 10.2 Å². The summed E-state index contributed by atoms with van der Waals surface area (Å²) in [6, 6.07) is 0. The van der Waals surface area contributed by atoms with Gasteiger partial charge in [-0.15, -0.1) is 0 Å². The first-order valence-corrected chi connectivity index (χ1v) is 3.94. The Labute approximate surface area is 66.2 Å². The van der Waals surface area contributed by atoms with Crippen LogP contribution in [0.3, 0.4) is 0 Å². The minimum atomic E-state index is -0.361. The van der Waals surface area contributed by atoms with Crippen LogP contribution in [0.15, 0.2) is 0 Å². The van der Waals surface area contributed by atoms with Crippen LogP contribution in [0.1, 0.15) is 6.42 Å². The van der Waals surface area contributed by atoms with Gasteiger partial charge in [0.1, 0.15) is 6.61 Å². The normalized spacial score (nSPS) is 19.5. The van der Waals surface area contributed by atoms with Crippen LogP contribution in [0.5, 0.6) is 0 Å². The predicted octanol–water partition coefficient (Wildman–Crippen LogP) is -1.20. The number of carbonyl (C=O) groups excluding carboxylic acids is 1. The van der Waals surface area contributed by atoms with E-state index in [2.05, 4.69) is 5.32 Å². The molecule has 1 amide bonds. The molecule has 64 valence electrons. The number of nitrogens with zero attached hydrogens (tertiary/aromatic N) is 1. The molecule has 11 heavy (non-hydrogen) atoms. The molecule has 0 bridgehead atoms. The maximum atomic E-state index is 11.0. The number of rotatable bonds is 1. The lowest BCUT2D eigenvalue weighted by atomic mass is 10.4. The van der Waals surface area contributed by atoms with Gasteiger partial charge in [-0.3, -0.25) is 4.79 Å². The van der Waals surface area contributed by atoms with Gasteiger partial charge in [0.2, 0.25) is 5.91 Å². The van der Waals surface area contributed by atoms with Crippen LogP contribution in [-0.4, -0.2) is 48.7 Å². The zero-order chi connectivity index (χ0) is 8.10. The number of amides is 1. The van der Waals surface area contributed by atoms with E-state index in [9.17, 15) is 4.79 Å².